The summed E-state index contributed by atoms with van der Waals surface area (Å²) in [5, 5.41) is 7.73. The molecule has 7 heteroatoms. The van der Waals surface area contributed by atoms with Crippen LogP contribution in [0.2, 0.25) is 0 Å². The number of hydrogen-bond acceptors (Lipinski definition) is 4. The lowest BCUT2D eigenvalue weighted by Crippen LogP contribution is -2.22. The maximum atomic E-state index is 11.8. The number of amides is 1. The van der Waals surface area contributed by atoms with Crippen LogP contribution >= 0.6 is 11.3 Å². The highest BCUT2D eigenvalue weighted by Crippen LogP contribution is 2.20. The minimum absolute atomic E-state index is 0.0939. The molecule has 1 aromatic carbocycles. The van der Waals surface area contributed by atoms with Crippen LogP contribution in [0.15, 0.2) is 46.7 Å². The third kappa shape index (κ3) is 3.63. The quantitative estimate of drug-likeness (QED) is 0.892. The van der Waals surface area contributed by atoms with Crippen molar-refractivity contribution in [3.8, 4) is 0 Å². The molecule has 0 aliphatic heterocycles. The second kappa shape index (κ2) is 5.52. The van der Waals surface area contributed by atoms with Crippen LogP contribution in [0.4, 0.5) is 0 Å². The zero-order valence-electron chi connectivity index (χ0n) is 9.87. The van der Waals surface area contributed by atoms with Gasteiger partial charge in [-0.3, -0.25) is 4.79 Å². The molecular formula is C12H12N2O3S2. The number of benzene rings is 1. The zero-order valence-corrected chi connectivity index (χ0v) is 11.5. The maximum absolute atomic E-state index is 11.8. The van der Waals surface area contributed by atoms with E-state index in [1.165, 1.54) is 6.07 Å². The van der Waals surface area contributed by atoms with E-state index in [1.807, 2.05) is 6.07 Å². The first-order valence-electron chi connectivity index (χ1n) is 5.41. The number of sulfonamides is 1. The Balaban J connectivity index is 2.00. The molecule has 0 bridgehead atoms. The average Bonchev–Trinajstić information content (AvgIpc) is 2.86. The van der Waals surface area contributed by atoms with Crippen LogP contribution in [0.1, 0.15) is 15.2 Å². The van der Waals surface area contributed by atoms with E-state index in [-0.39, 0.29) is 16.7 Å². The lowest BCUT2D eigenvalue weighted by molar-refractivity contribution is 0.0951. The van der Waals surface area contributed by atoms with Gasteiger partial charge in [0.1, 0.15) is 4.21 Å². The van der Waals surface area contributed by atoms with Gasteiger partial charge in [0.05, 0.1) is 6.54 Å². The highest BCUT2D eigenvalue weighted by molar-refractivity contribution is 7.91. The van der Waals surface area contributed by atoms with Crippen LogP contribution in [-0.4, -0.2) is 14.3 Å². The summed E-state index contributed by atoms with van der Waals surface area (Å²) in [6.45, 7) is 0.272. The van der Waals surface area contributed by atoms with E-state index < -0.39 is 10.0 Å². The first kappa shape index (κ1) is 13.7. The van der Waals surface area contributed by atoms with E-state index in [0.29, 0.717) is 5.56 Å². The fourth-order valence-electron chi connectivity index (χ4n) is 1.47. The molecule has 0 atom stereocenters. The summed E-state index contributed by atoms with van der Waals surface area (Å²) in [5.41, 5.74) is 0.561. The Morgan fingerprint density at radius 1 is 1.16 bits per heavy atom. The van der Waals surface area contributed by atoms with Gasteiger partial charge in [0.25, 0.3) is 5.91 Å². The maximum Gasteiger partial charge on any atom is 0.251 e. The SMILES string of the molecule is NS(=O)(=O)c1ccc(CNC(=O)c2ccccc2)s1. The van der Waals surface area contributed by atoms with Gasteiger partial charge in [0, 0.05) is 10.4 Å². The first-order chi connectivity index (χ1) is 8.97. The second-order valence-corrected chi connectivity index (χ2v) is 6.77. The predicted molar refractivity (Wildman–Crippen MR) is 73.3 cm³/mol. The summed E-state index contributed by atoms with van der Waals surface area (Å²) in [4.78, 5) is 12.5. The molecule has 1 amide bonds. The minimum atomic E-state index is -3.67. The third-order valence-electron chi connectivity index (χ3n) is 2.38. The largest absolute Gasteiger partial charge is 0.347 e. The molecule has 1 aromatic heterocycles. The summed E-state index contributed by atoms with van der Waals surface area (Å²) in [7, 11) is -3.67. The second-order valence-electron chi connectivity index (χ2n) is 3.81. The molecule has 0 aliphatic rings. The summed E-state index contributed by atoms with van der Waals surface area (Å²) >= 11 is 1.05. The van der Waals surface area contributed by atoms with Crippen molar-refractivity contribution in [3.05, 3.63) is 52.9 Å². The molecule has 0 unspecified atom stereocenters. The highest BCUT2D eigenvalue weighted by atomic mass is 32.2. The lowest BCUT2D eigenvalue weighted by atomic mass is 10.2. The fraction of sp³-hybridized carbons (Fsp3) is 0.0833. The van der Waals surface area contributed by atoms with Gasteiger partial charge in [-0.2, -0.15) is 0 Å². The van der Waals surface area contributed by atoms with Crippen molar-refractivity contribution >= 4 is 27.3 Å². The third-order valence-corrected chi connectivity index (χ3v) is 4.90. The van der Waals surface area contributed by atoms with E-state index >= 15 is 0 Å². The van der Waals surface area contributed by atoms with Crippen molar-refractivity contribution in [3.63, 3.8) is 0 Å². The minimum Gasteiger partial charge on any atom is -0.347 e. The molecule has 0 fully saturated rings. The van der Waals surface area contributed by atoms with E-state index in [1.54, 1.807) is 30.3 Å². The van der Waals surface area contributed by atoms with E-state index in [0.717, 1.165) is 16.2 Å². The standard InChI is InChI=1S/C12H12N2O3S2/c13-19(16,17)11-7-6-10(18-11)8-14-12(15)9-4-2-1-3-5-9/h1-7H,8H2,(H,14,15)(H2,13,16,17). The molecule has 3 N–H and O–H groups in total. The number of hydrogen-bond donors (Lipinski definition) is 2. The Morgan fingerprint density at radius 3 is 2.42 bits per heavy atom. The van der Waals surface area contributed by atoms with Crippen LogP contribution < -0.4 is 10.5 Å². The topological polar surface area (TPSA) is 89.3 Å². The Labute approximate surface area is 115 Å². The number of carbonyl (C=O) groups is 1. The zero-order chi connectivity index (χ0) is 13.9. The first-order valence-corrected chi connectivity index (χ1v) is 7.78. The highest BCUT2D eigenvalue weighted by Gasteiger charge is 2.11. The molecule has 0 saturated carbocycles. The number of carbonyl (C=O) groups excluding carboxylic acids is 1. The molecule has 100 valence electrons. The van der Waals surface area contributed by atoms with E-state index in [9.17, 15) is 13.2 Å². The molecule has 5 nitrogen and oxygen atoms in total. The smallest absolute Gasteiger partial charge is 0.251 e. The average molecular weight is 296 g/mol. The summed E-state index contributed by atoms with van der Waals surface area (Å²) in [6.07, 6.45) is 0. The van der Waals surface area contributed by atoms with Crippen molar-refractivity contribution in [2.75, 3.05) is 0 Å². The number of nitrogens with two attached hydrogens (primary N) is 1. The van der Waals surface area contributed by atoms with Gasteiger partial charge < -0.3 is 5.32 Å². The number of primary sulfonamides is 1. The van der Waals surface area contributed by atoms with Crippen molar-refractivity contribution < 1.29 is 13.2 Å². The molecule has 0 radical (unpaired) electrons. The van der Waals surface area contributed by atoms with Gasteiger partial charge in [-0.05, 0) is 24.3 Å². The molecule has 2 rings (SSSR count). The molecule has 0 aliphatic carbocycles. The summed E-state index contributed by atoms with van der Waals surface area (Å²) < 4.78 is 22.3. The van der Waals surface area contributed by atoms with Gasteiger partial charge in [-0.1, -0.05) is 18.2 Å². The van der Waals surface area contributed by atoms with E-state index in [2.05, 4.69) is 5.32 Å². The number of nitrogens with one attached hydrogen (secondary N) is 1. The molecule has 2 aromatic rings. The Bertz CT molecular complexity index is 678. The molecule has 1 heterocycles. The summed E-state index contributed by atoms with van der Waals surface area (Å²) in [5.74, 6) is -0.203. The van der Waals surface area contributed by atoms with Crippen LogP contribution in [0.5, 0.6) is 0 Å². The molecule has 0 spiro atoms. The normalized spacial score (nSPS) is 11.2. The van der Waals surface area contributed by atoms with Crippen molar-refractivity contribution in [1.82, 2.24) is 5.32 Å². The van der Waals surface area contributed by atoms with Gasteiger partial charge in [-0.15, -0.1) is 11.3 Å². The van der Waals surface area contributed by atoms with Crippen molar-refractivity contribution in [2.24, 2.45) is 5.14 Å². The van der Waals surface area contributed by atoms with E-state index in [4.69, 9.17) is 5.14 Å². The molecule has 19 heavy (non-hydrogen) atoms. The fourth-order valence-corrected chi connectivity index (χ4v) is 3.18. The van der Waals surface area contributed by atoms with Crippen molar-refractivity contribution in [1.29, 1.82) is 0 Å². The summed E-state index contributed by atoms with van der Waals surface area (Å²) in [6, 6.07) is 11.9. The molecule has 0 saturated heterocycles. The number of thiophene rings is 1. The monoisotopic (exact) mass is 296 g/mol. The molecular weight excluding hydrogens is 284 g/mol. The van der Waals surface area contributed by atoms with Gasteiger partial charge in [0.2, 0.25) is 10.0 Å². The van der Waals surface area contributed by atoms with Crippen LogP contribution in [0.3, 0.4) is 0 Å². The van der Waals surface area contributed by atoms with Crippen LogP contribution in [-0.2, 0) is 16.6 Å². The van der Waals surface area contributed by atoms with Crippen molar-refractivity contribution in [2.45, 2.75) is 10.8 Å². The predicted octanol–water partition coefficient (Wildman–Crippen LogP) is 1.33. The van der Waals surface area contributed by atoms with Gasteiger partial charge in [-0.25, -0.2) is 13.6 Å². The van der Waals surface area contributed by atoms with Gasteiger partial charge in [0.15, 0.2) is 0 Å². The lowest BCUT2D eigenvalue weighted by Gasteiger charge is -2.02. The Kier molecular flexibility index (Phi) is 3.98. The van der Waals surface area contributed by atoms with Crippen LogP contribution in [0.25, 0.3) is 0 Å². The Hall–Kier alpha value is -1.70. The Morgan fingerprint density at radius 2 is 1.84 bits per heavy atom. The van der Waals surface area contributed by atoms with Crippen LogP contribution in [0, 0.1) is 0 Å². The number of rotatable bonds is 4. The van der Waals surface area contributed by atoms with Gasteiger partial charge >= 0.3 is 0 Å².